The Kier molecular flexibility index (Phi) is 2.82. The predicted octanol–water partition coefficient (Wildman–Crippen LogP) is 0.848. The molecule has 3 heteroatoms. The molecule has 0 aromatic heterocycles. The van der Waals surface area contributed by atoms with Crippen molar-refractivity contribution in [3.8, 4) is 0 Å². The number of nitrogens with zero attached hydrogens (tertiary/aromatic N) is 1. The summed E-state index contributed by atoms with van der Waals surface area (Å²) in [5, 5.41) is 3.48. The zero-order valence-corrected chi connectivity index (χ0v) is 9.55. The molecule has 0 radical (unpaired) electrons. The molecule has 0 saturated carbocycles. The molecule has 0 bridgehead atoms. The third kappa shape index (κ3) is 1.69. The van der Waals surface area contributed by atoms with Crippen LogP contribution >= 0.6 is 0 Å². The number of ether oxygens (including phenoxy) is 1. The van der Waals surface area contributed by atoms with Gasteiger partial charge in [0.15, 0.2) is 0 Å². The van der Waals surface area contributed by atoms with E-state index in [1.165, 1.54) is 6.42 Å². The van der Waals surface area contributed by atoms with Crippen molar-refractivity contribution in [2.24, 2.45) is 0 Å². The minimum absolute atomic E-state index is 0.274. The summed E-state index contributed by atoms with van der Waals surface area (Å²) in [4.78, 5) is 2.60. The predicted molar refractivity (Wildman–Crippen MR) is 57.5 cm³/mol. The van der Waals surface area contributed by atoms with Crippen LogP contribution < -0.4 is 5.32 Å². The Labute approximate surface area is 86.8 Å². The van der Waals surface area contributed by atoms with Crippen LogP contribution in [-0.4, -0.2) is 48.8 Å². The SMILES string of the molecule is CC1CN(C2(C)CCOC2C)CCN1. The summed E-state index contributed by atoms with van der Waals surface area (Å²) >= 11 is 0. The second kappa shape index (κ2) is 3.80. The fourth-order valence-electron chi connectivity index (χ4n) is 2.64. The summed E-state index contributed by atoms with van der Waals surface area (Å²) in [5.74, 6) is 0. The summed E-state index contributed by atoms with van der Waals surface area (Å²) in [6.07, 6.45) is 1.56. The molecule has 14 heavy (non-hydrogen) atoms. The third-order valence-electron chi connectivity index (χ3n) is 3.94. The van der Waals surface area contributed by atoms with E-state index in [-0.39, 0.29) is 5.54 Å². The van der Waals surface area contributed by atoms with Gasteiger partial charge in [-0.1, -0.05) is 0 Å². The van der Waals surface area contributed by atoms with Gasteiger partial charge in [0.1, 0.15) is 0 Å². The van der Waals surface area contributed by atoms with Crippen LogP contribution in [-0.2, 0) is 4.74 Å². The van der Waals surface area contributed by atoms with Gasteiger partial charge in [-0.25, -0.2) is 0 Å². The maximum Gasteiger partial charge on any atom is 0.0728 e. The molecular formula is C11H22N2O. The fraction of sp³-hybridized carbons (Fsp3) is 1.00. The second-order valence-corrected chi connectivity index (χ2v) is 4.92. The summed E-state index contributed by atoms with van der Waals surface area (Å²) in [5.41, 5.74) is 0.274. The van der Waals surface area contributed by atoms with Crippen molar-refractivity contribution >= 4 is 0 Å². The Morgan fingerprint density at radius 1 is 1.43 bits per heavy atom. The van der Waals surface area contributed by atoms with Crippen LogP contribution in [0.15, 0.2) is 0 Å². The van der Waals surface area contributed by atoms with Crippen LogP contribution in [0.3, 0.4) is 0 Å². The van der Waals surface area contributed by atoms with Crippen molar-refractivity contribution in [1.82, 2.24) is 10.2 Å². The first-order valence-corrected chi connectivity index (χ1v) is 5.73. The van der Waals surface area contributed by atoms with Crippen molar-refractivity contribution in [3.05, 3.63) is 0 Å². The van der Waals surface area contributed by atoms with Crippen molar-refractivity contribution in [3.63, 3.8) is 0 Å². The van der Waals surface area contributed by atoms with Gasteiger partial charge in [0.25, 0.3) is 0 Å². The van der Waals surface area contributed by atoms with E-state index in [0.29, 0.717) is 12.1 Å². The van der Waals surface area contributed by atoms with E-state index in [1.807, 2.05) is 0 Å². The lowest BCUT2D eigenvalue weighted by molar-refractivity contribution is 0.00686. The Hall–Kier alpha value is -0.120. The third-order valence-corrected chi connectivity index (χ3v) is 3.94. The molecule has 0 aromatic carbocycles. The first kappa shape index (κ1) is 10.4. The second-order valence-electron chi connectivity index (χ2n) is 4.92. The first-order chi connectivity index (χ1) is 6.63. The van der Waals surface area contributed by atoms with Crippen molar-refractivity contribution in [1.29, 1.82) is 0 Å². The zero-order chi connectivity index (χ0) is 10.2. The van der Waals surface area contributed by atoms with Crippen LogP contribution in [0.5, 0.6) is 0 Å². The van der Waals surface area contributed by atoms with Gasteiger partial charge in [0.05, 0.1) is 6.10 Å². The van der Waals surface area contributed by atoms with Crippen LogP contribution in [0.25, 0.3) is 0 Å². The van der Waals surface area contributed by atoms with Gasteiger partial charge in [-0.2, -0.15) is 0 Å². The smallest absolute Gasteiger partial charge is 0.0728 e. The molecule has 0 aliphatic carbocycles. The molecule has 3 atom stereocenters. The summed E-state index contributed by atoms with van der Waals surface area (Å²) in [7, 11) is 0. The van der Waals surface area contributed by atoms with Crippen LogP contribution in [0.4, 0.5) is 0 Å². The Morgan fingerprint density at radius 2 is 2.21 bits per heavy atom. The van der Waals surface area contributed by atoms with E-state index in [0.717, 1.165) is 26.2 Å². The molecule has 2 aliphatic heterocycles. The van der Waals surface area contributed by atoms with E-state index >= 15 is 0 Å². The first-order valence-electron chi connectivity index (χ1n) is 5.73. The Balaban J connectivity index is 2.05. The quantitative estimate of drug-likeness (QED) is 0.676. The van der Waals surface area contributed by atoms with E-state index in [9.17, 15) is 0 Å². The Morgan fingerprint density at radius 3 is 2.79 bits per heavy atom. The molecule has 0 amide bonds. The molecule has 2 fully saturated rings. The summed E-state index contributed by atoms with van der Waals surface area (Å²) < 4.78 is 5.69. The van der Waals surface area contributed by atoms with E-state index in [2.05, 4.69) is 31.0 Å². The summed E-state index contributed by atoms with van der Waals surface area (Å²) in [6.45, 7) is 11.2. The van der Waals surface area contributed by atoms with Crippen LogP contribution in [0.2, 0.25) is 0 Å². The number of nitrogens with one attached hydrogen (secondary N) is 1. The maximum absolute atomic E-state index is 5.69. The average Bonchev–Trinajstić information content (AvgIpc) is 2.49. The minimum Gasteiger partial charge on any atom is -0.377 e. The normalized spacial score (nSPS) is 45.6. The molecule has 2 saturated heterocycles. The maximum atomic E-state index is 5.69. The number of hydrogen-bond donors (Lipinski definition) is 1. The zero-order valence-electron chi connectivity index (χ0n) is 9.55. The lowest BCUT2D eigenvalue weighted by Gasteiger charge is -2.44. The van der Waals surface area contributed by atoms with Crippen molar-refractivity contribution in [2.45, 2.75) is 44.9 Å². The topological polar surface area (TPSA) is 24.5 Å². The molecule has 2 rings (SSSR count). The fourth-order valence-corrected chi connectivity index (χ4v) is 2.64. The van der Waals surface area contributed by atoms with E-state index < -0.39 is 0 Å². The van der Waals surface area contributed by atoms with Crippen LogP contribution in [0.1, 0.15) is 27.2 Å². The highest BCUT2D eigenvalue weighted by Crippen LogP contribution is 2.32. The minimum atomic E-state index is 0.274. The largest absolute Gasteiger partial charge is 0.377 e. The number of hydrogen-bond acceptors (Lipinski definition) is 3. The number of piperazine rings is 1. The molecule has 1 N–H and O–H groups in total. The highest BCUT2D eigenvalue weighted by molar-refractivity contribution is 4.98. The molecule has 3 nitrogen and oxygen atoms in total. The van der Waals surface area contributed by atoms with E-state index in [1.54, 1.807) is 0 Å². The highest BCUT2D eigenvalue weighted by Gasteiger charge is 2.42. The van der Waals surface area contributed by atoms with Crippen molar-refractivity contribution in [2.75, 3.05) is 26.2 Å². The van der Waals surface area contributed by atoms with Crippen LogP contribution in [0, 0.1) is 0 Å². The van der Waals surface area contributed by atoms with Gasteiger partial charge in [0.2, 0.25) is 0 Å². The summed E-state index contributed by atoms with van der Waals surface area (Å²) in [6, 6.07) is 0.619. The molecule has 2 heterocycles. The lowest BCUT2D eigenvalue weighted by atomic mass is 9.91. The lowest BCUT2D eigenvalue weighted by Crippen LogP contribution is -2.60. The van der Waals surface area contributed by atoms with Gasteiger partial charge in [-0.05, 0) is 27.2 Å². The van der Waals surface area contributed by atoms with Gasteiger partial charge in [0, 0.05) is 37.8 Å². The molecule has 3 unspecified atom stereocenters. The standard InChI is InChI=1S/C11H22N2O/c1-9-8-13(6-5-12-9)11(3)4-7-14-10(11)2/h9-10,12H,4-8H2,1-3H3. The molecule has 0 spiro atoms. The highest BCUT2D eigenvalue weighted by atomic mass is 16.5. The molecule has 0 aromatic rings. The molecular weight excluding hydrogens is 176 g/mol. The number of rotatable bonds is 1. The monoisotopic (exact) mass is 198 g/mol. The van der Waals surface area contributed by atoms with Gasteiger partial charge >= 0.3 is 0 Å². The van der Waals surface area contributed by atoms with E-state index in [4.69, 9.17) is 4.74 Å². The average molecular weight is 198 g/mol. The molecule has 2 aliphatic rings. The van der Waals surface area contributed by atoms with Crippen molar-refractivity contribution < 1.29 is 4.74 Å². The van der Waals surface area contributed by atoms with Gasteiger partial charge in [-0.3, -0.25) is 4.90 Å². The van der Waals surface area contributed by atoms with Gasteiger partial charge in [-0.15, -0.1) is 0 Å². The molecule has 82 valence electrons. The van der Waals surface area contributed by atoms with Gasteiger partial charge < -0.3 is 10.1 Å². The Bertz CT molecular complexity index is 209.